The van der Waals surface area contributed by atoms with E-state index < -0.39 is 22.0 Å². The molecule has 0 radical (unpaired) electrons. The number of carbonyl (C=O) groups excluding carboxylic acids is 2. The van der Waals surface area contributed by atoms with Gasteiger partial charge in [0.2, 0.25) is 5.91 Å². The Bertz CT molecular complexity index is 1090. The first-order valence-corrected chi connectivity index (χ1v) is 11.2. The van der Waals surface area contributed by atoms with E-state index >= 15 is 0 Å². The molecule has 0 unspecified atom stereocenters. The molecule has 2 aromatic rings. The molecule has 0 saturated carbocycles. The Morgan fingerprint density at radius 2 is 1.88 bits per heavy atom. The zero-order chi connectivity index (χ0) is 23.1. The third kappa shape index (κ3) is 5.80. The van der Waals surface area contributed by atoms with Gasteiger partial charge in [0.25, 0.3) is 10.0 Å². The number of benzene rings is 2. The summed E-state index contributed by atoms with van der Waals surface area (Å²) in [5, 5.41) is 4.74. The summed E-state index contributed by atoms with van der Waals surface area (Å²) in [6.45, 7) is 1.63. The molecule has 3 amide bonds. The van der Waals surface area contributed by atoms with E-state index in [1.165, 1.54) is 13.2 Å². The lowest BCUT2D eigenvalue weighted by Gasteiger charge is -2.30. The molecule has 12 heteroatoms. The molecule has 3 rings (SSSR count). The van der Waals surface area contributed by atoms with Crippen LogP contribution in [0.2, 0.25) is 0 Å². The second-order valence-electron chi connectivity index (χ2n) is 6.85. The van der Waals surface area contributed by atoms with Gasteiger partial charge < -0.3 is 30.7 Å². The Morgan fingerprint density at radius 3 is 2.56 bits per heavy atom. The minimum Gasteiger partial charge on any atom is -0.495 e. The lowest BCUT2D eigenvalue weighted by atomic mass is 10.2. The van der Waals surface area contributed by atoms with Crippen molar-refractivity contribution in [3.8, 4) is 5.75 Å². The number of rotatable bonds is 8. The summed E-state index contributed by atoms with van der Waals surface area (Å²) in [7, 11) is -2.62. The van der Waals surface area contributed by atoms with Gasteiger partial charge in [-0.1, -0.05) is 12.1 Å². The SMILES string of the molecule is COc1ccccc1NS(=O)(=O)c1cc(NC(=O)CNC(N)=O)ccc1N1CCOCC1. The van der Waals surface area contributed by atoms with E-state index in [-0.39, 0.29) is 22.8 Å². The molecule has 11 nitrogen and oxygen atoms in total. The van der Waals surface area contributed by atoms with Crippen LogP contribution in [0.1, 0.15) is 0 Å². The number of carbonyl (C=O) groups is 2. The third-order valence-electron chi connectivity index (χ3n) is 4.66. The molecule has 0 aromatic heterocycles. The lowest BCUT2D eigenvalue weighted by Crippen LogP contribution is -2.37. The fourth-order valence-electron chi connectivity index (χ4n) is 3.17. The summed E-state index contributed by atoms with van der Waals surface area (Å²) in [5.41, 5.74) is 5.98. The van der Waals surface area contributed by atoms with Gasteiger partial charge in [-0.05, 0) is 30.3 Å². The number of nitrogens with zero attached hydrogens (tertiary/aromatic N) is 1. The van der Waals surface area contributed by atoms with Crippen molar-refractivity contribution >= 4 is 39.0 Å². The second-order valence-corrected chi connectivity index (χ2v) is 8.50. The van der Waals surface area contributed by atoms with Crippen molar-refractivity contribution in [2.24, 2.45) is 5.73 Å². The highest BCUT2D eigenvalue weighted by Gasteiger charge is 2.25. The molecular formula is C20H25N5O6S. The van der Waals surface area contributed by atoms with Crippen molar-refractivity contribution in [1.82, 2.24) is 5.32 Å². The predicted molar refractivity (Wildman–Crippen MR) is 119 cm³/mol. The summed E-state index contributed by atoms with van der Waals surface area (Å²) in [5.74, 6) is -0.185. The summed E-state index contributed by atoms with van der Waals surface area (Å²) in [6.07, 6.45) is 0. The van der Waals surface area contributed by atoms with Gasteiger partial charge in [-0.2, -0.15) is 0 Å². The van der Waals surface area contributed by atoms with Crippen molar-refractivity contribution in [2.75, 3.05) is 54.9 Å². The topological polar surface area (TPSA) is 152 Å². The molecule has 1 heterocycles. The highest BCUT2D eigenvalue weighted by atomic mass is 32.2. The molecule has 2 aromatic carbocycles. The van der Waals surface area contributed by atoms with Crippen LogP contribution in [0.15, 0.2) is 47.4 Å². The highest BCUT2D eigenvalue weighted by molar-refractivity contribution is 7.93. The summed E-state index contributed by atoms with van der Waals surface area (Å²) < 4.78 is 39.9. The Morgan fingerprint density at radius 1 is 1.16 bits per heavy atom. The third-order valence-corrected chi connectivity index (χ3v) is 6.05. The number of nitrogens with one attached hydrogen (secondary N) is 3. The number of anilines is 3. The van der Waals surface area contributed by atoms with Crippen LogP contribution in [0.5, 0.6) is 5.75 Å². The van der Waals surface area contributed by atoms with Crippen molar-refractivity contribution in [1.29, 1.82) is 0 Å². The highest BCUT2D eigenvalue weighted by Crippen LogP contribution is 2.32. The molecule has 172 valence electrons. The smallest absolute Gasteiger partial charge is 0.312 e. The zero-order valence-electron chi connectivity index (χ0n) is 17.5. The molecular weight excluding hydrogens is 438 g/mol. The maximum Gasteiger partial charge on any atom is 0.312 e. The summed E-state index contributed by atoms with van der Waals surface area (Å²) in [4.78, 5) is 24.7. The van der Waals surface area contributed by atoms with E-state index in [0.29, 0.717) is 37.7 Å². The first-order chi connectivity index (χ1) is 15.3. The number of sulfonamides is 1. The van der Waals surface area contributed by atoms with E-state index in [1.807, 2.05) is 4.90 Å². The number of morpholine rings is 1. The lowest BCUT2D eigenvalue weighted by molar-refractivity contribution is -0.115. The second kappa shape index (κ2) is 10.2. The van der Waals surface area contributed by atoms with E-state index in [0.717, 1.165) is 0 Å². The number of para-hydroxylation sites is 2. The quantitative estimate of drug-likeness (QED) is 0.455. The average molecular weight is 464 g/mol. The van der Waals surface area contributed by atoms with E-state index in [9.17, 15) is 18.0 Å². The van der Waals surface area contributed by atoms with E-state index in [4.69, 9.17) is 15.2 Å². The fourth-order valence-corrected chi connectivity index (χ4v) is 4.50. The Balaban J connectivity index is 1.95. The van der Waals surface area contributed by atoms with Crippen molar-refractivity contribution in [2.45, 2.75) is 4.90 Å². The largest absolute Gasteiger partial charge is 0.495 e. The molecule has 0 aliphatic carbocycles. The van der Waals surface area contributed by atoms with Crippen LogP contribution < -0.4 is 30.7 Å². The van der Waals surface area contributed by atoms with Crippen molar-refractivity contribution < 1.29 is 27.5 Å². The van der Waals surface area contributed by atoms with Gasteiger partial charge in [0, 0.05) is 18.8 Å². The van der Waals surface area contributed by atoms with Crippen LogP contribution in [0.25, 0.3) is 0 Å². The maximum atomic E-state index is 13.4. The molecule has 0 atom stereocenters. The molecule has 0 bridgehead atoms. The first-order valence-electron chi connectivity index (χ1n) is 9.76. The van der Waals surface area contributed by atoms with Gasteiger partial charge in [-0.25, -0.2) is 13.2 Å². The van der Waals surface area contributed by atoms with Crippen LogP contribution >= 0.6 is 0 Å². The number of urea groups is 1. The van der Waals surface area contributed by atoms with Crippen LogP contribution in [-0.4, -0.2) is 60.3 Å². The van der Waals surface area contributed by atoms with E-state index in [2.05, 4.69) is 15.4 Å². The number of nitrogens with two attached hydrogens (primary N) is 1. The number of methoxy groups -OCH3 is 1. The minimum atomic E-state index is -4.06. The van der Waals surface area contributed by atoms with Gasteiger partial charge in [0.05, 0.1) is 38.2 Å². The molecule has 1 fully saturated rings. The molecule has 1 saturated heterocycles. The first kappa shape index (κ1) is 23.2. The average Bonchev–Trinajstić information content (AvgIpc) is 2.78. The Labute approximate surface area is 185 Å². The Hall–Kier alpha value is -3.51. The summed E-state index contributed by atoms with van der Waals surface area (Å²) in [6, 6.07) is 10.4. The van der Waals surface area contributed by atoms with Gasteiger partial charge in [0.15, 0.2) is 0 Å². The van der Waals surface area contributed by atoms with Gasteiger partial charge in [-0.3, -0.25) is 9.52 Å². The van der Waals surface area contributed by atoms with Crippen LogP contribution in [0.3, 0.4) is 0 Å². The van der Waals surface area contributed by atoms with Crippen molar-refractivity contribution in [3.05, 3.63) is 42.5 Å². The fraction of sp³-hybridized carbons (Fsp3) is 0.300. The molecule has 0 spiro atoms. The normalized spacial score (nSPS) is 13.8. The molecule has 1 aliphatic heterocycles. The number of hydrogen-bond acceptors (Lipinski definition) is 7. The van der Waals surface area contributed by atoms with Gasteiger partial charge >= 0.3 is 6.03 Å². The minimum absolute atomic E-state index is 0.0223. The zero-order valence-corrected chi connectivity index (χ0v) is 18.3. The monoisotopic (exact) mass is 463 g/mol. The summed E-state index contributed by atoms with van der Waals surface area (Å²) >= 11 is 0. The molecule has 5 N–H and O–H groups in total. The maximum absolute atomic E-state index is 13.4. The van der Waals surface area contributed by atoms with Crippen LogP contribution in [0.4, 0.5) is 21.9 Å². The van der Waals surface area contributed by atoms with Gasteiger partial charge in [-0.15, -0.1) is 0 Å². The molecule has 32 heavy (non-hydrogen) atoms. The number of hydrogen-bond donors (Lipinski definition) is 4. The number of ether oxygens (including phenoxy) is 2. The number of amides is 3. The van der Waals surface area contributed by atoms with E-state index in [1.54, 1.807) is 36.4 Å². The Kier molecular flexibility index (Phi) is 7.38. The number of primary amides is 1. The van der Waals surface area contributed by atoms with Crippen LogP contribution in [-0.2, 0) is 19.6 Å². The molecule has 1 aliphatic rings. The van der Waals surface area contributed by atoms with Crippen molar-refractivity contribution in [3.63, 3.8) is 0 Å². The van der Waals surface area contributed by atoms with Crippen LogP contribution in [0, 0.1) is 0 Å². The van der Waals surface area contributed by atoms with Gasteiger partial charge in [0.1, 0.15) is 10.6 Å². The standard InChI is InChI=1S/C20H25N5O6S/c1-30-17-5-3-2-4-15(17)24-32(28,29)18-12-14(23-19(26)13-22-20(21)27)6-7-16(18)25-8-10-31-11-9-25/h2-7,12,24H,8-11,13H2,1H3,(H,23,26)(H3,21,22,27). The predicted octanol–water partition coefficient (Wildman–Crippen LogP) is 0.939.